The molecule has 86 valence electrons. The maximum absolute atomic E-state index is 11.4. The Balaban J connectivity index is 2.28. The van der Waals surface area contributed by atoms with E-state index in [1.807, 2.05) is 0 Å². The Morgan fingerprint density at radius 2 is 2.33 bits per heavy atom. The Morgan fingerprint density at radius 1 is 1.60 bits per heavy atom. The van der Waals surface area contributed by atoms with E-state index < -0.39 is 0 Å². The van der Waals surface area contributed by atoms with Gasteiger partial charge in [0, 0.05) is 19.7 Å². The van der Waals surface area contributed by atoms with E-state index in [0.717, 1.165) is 26.1 Å². The molecule has 0 saturated carbocycles. The molecule has 0 spiro atoms. The van der Waals surface area contributed by atoms with Crippen LogP contribution in [0, 0.1) is 0 Å². The lowest BCUT2D eigenvalue weighted by Gasteiger charge is -2.24. The van der Waals surface area contributed by atoms with E-state index in [4.69, 9.17) is 4.74 Å². The van der Waals surface area contributed by atoms with Gasteiger partial charge in [0.15, 0.2) is 6.23 Å². The number of hydrogen-bond donors (Lipinski definition) is 0. The number of hydrogen-bond acceptors (Lipinski definition) is 3. The van der Waals surface area contributed by atoms with Crippen LogP contribution in [0.3, 0.4) is 0 Å². The van der Waals surface area contributed by atoms with Gasteiger partial charge in [0.05, 0.1) is 0 Å². The zero-order chi connectivity index (χ0) is 11.3. The largest absolute Gasteiger partial charge is 0.358 e. The van der Waals surface area contributed by atoms with E-state index in [9.17, 15) is 4.79 Å². The Kier molecular flexibility index (Phi) is 4.78. The summed E-state index contributed by atoms with van der Waals surface area (Å²) < 4.78 is 5.18. The summed E-state index contributed by atoms with van der Waals surface area (Å²) in [6, 6.07) is 0. The molecule has 0 bridgehead atoms. The average Bonchev–Trinajstić information content (AvgIpc) is 2.60. The van der Waals surface area contributed by atoms with Crippen molar-refractivity contribution in [1.82, 2.24) is 9.80 Å². The summed E-state index contributed by atoms with van der Waals surface area (Å²) in [6.07, 6.45) is 4.20. The molecule has 1 unspecified atom stereocenters. The van der Waals surface area contributed by atoms with Gasteiger partial charge in [0.1, 0.15) is 0 Å². The molecule has 0 N–H and O–H groups in total. The van der Waals surface area contributed by atoms with Crippen molar-refractivity contribution in [2.75, 3.05) is 33.8 Å². The zero-order valence-electron chi connectivity index (χ0n) is 9.77. The molecule has 0 aliphatic carbocycles. The van der Waals surface area contributed by atoms with Crippen LogP contribution in [0.1, 0.15) is 13.3 Å². The molecule has 4 heteroatoms. The fourth-order valence-electron chi connectivity index (χ4n) is 1.60. The van der Waals surface area contributed by atoms with Crippen molar-refractivity contribution in [1.29, 1.82) is 0 Å². The fourth-order valence-corrected chi connectivity index (χ4v) is 1.60. The van der Waals surface area contributed by atoms with Crippen molar-refractivity contribution in [2.24, 2.45) is 0 Å². The van der Waals surface area contributed by atoms with Crippen LogP contribution in [-0.4, -0.2) is 55.7 Å². The van der Waals surface area contributed by atoms with Gasteiger partial charge in [0.25, 0.3) is 0 Å². The quantitative estimate of drug-likeness (QED) is 0.649. The molecule has 0 aromatic rings. The van der Waals surface area contributed by atoms with Crippen LogP contribution in [0.4, 0.5) is 0 Å². The van der Waals surface area contributed by atoms with E-state index in [-0.39, 0.29) is 12.1 Å². The van der Waals surface area contributed by atoms with Gasteiger partial charge >= 0.3 is 0 Å². The summed E-state index contributed by atoms with van der Waals surface area (Å²) in [5, 5.41) is 0. The second kappa shape index (κ2) is 5.88. The third-order valence-corrected chi connectivity index (χ3v) is 2.71. The summed E-state index contributed by atoms with van der Waals surface area (Å²) in [5.74, 6) is 0.0565. The summed E-state index contributed by atoms with van der Waals surface area (Å²) in [6.45, 7) is 4.94. The molecule has 1 atom stereocenters. The number of rotatable bonds is 6. The minimum absolute atomic E-state index is 0.0565. The van der Waals surface area contributed by atoms with Gasteiger partial charge in [-0.1, -0.05) is 6.92 Å². The van der Waals surface area contributed by atoms with Gasteiger partial charge in [-0.15, -0.1) is 0 Å². The molecule has 1 rings (SSSR count). The first-order valence-corrected chi connectivity index (χ1v) is 5.39. The van der Waals surface area contributed by atoms with Gasteiger partial charge in [-0.25, -0.2) is 0 Å². The number of methoxy groups -OCH3 is 1. The van der Waals surface area contributed by atoms with Gasteiger partial charge in [-0.2, -0.15) is 0 Å². The lowest BCUT2D eigenvalue weighted by Crippen LogP contribution is -2.37. The highest BCUT2D eigenvalue weighted by Gasteiger charge is 2.24. The minimum atomic E-state index is -0.163. The normalized spacial score (nSPS) is 20.7. The predicted octanol–water partition coefficient (Wildman–Crippen LogP) is 0.699. The number of carbonyl (C=O) groups is 1. The van der Waals surface area contributed by atoms with Crippen molar-refractivity contribution in [2.45, 2.75) is 19.6 Å². The molecular weight excluding hydrogens is 192 g/mol. The molecule has 1 heterocycles. The summed E-state index contributed by atoms with van der Waals surface area (Å²) >= 11 is 0. The van der Waals surface area contributed by atoms with Crippen LogP contribution in [0.15, 0.2) is 12.2 Å². The molecule has 4 nitrogen and oxygen atoms in total. The first-order chi connectivity index (χ1) is 7.19. The van der Waals surface area contributed by atoms with Crippen LogP contribution >= 0.6 is 0 Å². The lowest BCUT2D eigenvalue weighted by atomic mass is 10.3. The molecule has 0 aromatic carbocycles. The van der Waals surface area contributed by atoms with E-state index >= 15 is 0 Å². The first-order valence-electron chi connectivity index (χ1n) is 5.39. The molecule has 1 aliphatic rings. The number of nitrogens with zero attached hydrogens (tertiary/aromatic N) is 2. The van der Waals surface area contributed by atoms with Gasteiger partial charge in [-0.05, 0) is 32.6 Å². The third-order valence-electron chi connectivity index (χ3n) is 2.71. The molecule has 0 fully saturated rings. The van der Waals surface area contributed by atoms with Crippen molar-refractivity contribution in [3.8, 4) is 0 Å². The highest BCUT2D eigenvalue weighted by molar-refractivity contribution is 5.90. The molecule has 0 saturated heterocycles. The topological polar surface area (TPSA) is 32.8 Å². The number of carbonyl (C=O) groups excluding carboxylic acids is 1. The first kappa shape index (κ1) is 12.2. The van der Waals surface area contributed by atoms with Crippen LogP contribution in [0.2, 0.25) is 0 Å². The maximum atomic E-state index is 11.4. The molecule has 1 amide bonds. The monoisotopic (exact) mass is 212 g/mol. The van der Waals surface area contributed by atoms with Gasteiger partial charge in [0.2, 0.25) is 5.91 Å². The number of ether oxygens (including phenoxy) is 1. The summed E-state index contributed by atoms with van der Waals surface area (Å²) in [5.41, 5.74) is 0. The second-order valence-electron chi connectivity index (χ2n) is 3.77. The Morgan fingerprint density at radius 3 is 2.93 bits per heavy atom. The minimum Gasteiger partial charge on any atom is -0.358 e. The molecule has 0 aromatic heterocycles. The lowest BCUT2D eigenvalue weighted by molar-refractivity contribution is -0.132. The van der Waals surface area contributed by atoms with Crippen LogP contribution < -0.4 is 0 Å². The van der Waals surface area contributed by atoms with Crippen LogP contribution in [0.5, 0.6) is 0 Å². The number of amides is 1. The van der Waals surface area contributed by atoms with E-state index in [1.54, 1.807) is 24.2 Å². The van der Waals surface area contributed by atoms with Crippen molar-refractivity contribution in [3.05, 3.63) is 12.2 Å². The molecule has 1 aliphatic heterocycles. The Bertz CT molecular complexity index is 241. The SMILES string of the molecule is CCN(C)CCCN1C(=O)C=CC1OC. The Hall–Kier alpha value is -0.870. The highest BCUT2D eigenvalue weighted by atomic mass is 16.5. The smallest absolute Gasteiger partial charge is 0.248 e. The molecular formula is C11H20N2O2. The van der Waals surface area contributed by atoms with Gasteiger partial charge < -0.3 is 14.5 Å². The van der Waals surface area contributed by atoms with Crippen molar-refractivity contribution in [3.63, 3.8) is 0 Å². The van der Waals surface area contributed by atoms with E-state index in [2.05, 4.69) is 18.9 Å². The Labute approximate surface area is 91.5 Å². The molecule has 0 radical (unpaired) electrons. The van der Waals surface area contributed by atoms with E-state index in [0.29, 0.717) is 0 Å². The zero-order valence-corrected chi connectivity index (χ0v) is 9.77. The van der Waals surface area contributed by atoms with Crippen LogP contribution in [0.25, 0.3) is 0 Å². The third kappa shape index (κ3) is 3.32. The van der Waals surface area contributed by atoms with Gasteiger partial charge in [-0.3, -0.25) is 4.79 Å². The standard InChI is InChI=1S/C11H20N2O2/c1-4-12(2)8-5-9-13-10(14)6-7-11(13)15-3/h6-7,11H,4-5,8-9H2,1-3H3. The highest BCUT2D eigenvalue weighted by Crippen LogP contribution is 2.11. The predicted molar refractivity (Wildman–Crippen MR) is 59.4 cm³/mol. The summed E-state index contributed by atoms with van der Waals surface area (Å²) in [7, 11) is 3.70. The van der Waals surface area contributed by atoms with E-state index in [1.165, 1.54) is 0 Å². The second-order valence-corrected chi connectivity index (χ2v) is 3.77. The fraction of sp³-hybridized carbons (Fsp3) is 0.727. The van der Waals surface area contributed by atoms with Crippen molar-refractivity contribution >= 4 is 5.91 Å². The maximum Gasteiger partial charge on any atom is 0.248 e. The molecule has 15 heavy (non-hydrogen) atoms. The van der Waals surface area contributed by atoms with Crippen molar-refractivity contribution < 1.29 is 9.53 Å². The summed E-state index contributed by atoms with van der Waals surface area (Å²) in [4.78, 5) is 15.4. The average molecular weight is 212 g/mol. The van der Waals surface area contributed by atoms with Crippen LogP contribution in [-0.2, 0) is 9.53 Å².